The lowest BCUT2D eigenvalue weighted by molar-refractivity contribution is 0.164. The molecule has 1 atom stereocenters. The van der Waals surface area contributed by atoms with Crippen LogP contribution in [0.3, 0.4) is 0 Å². The zero-order valence-electron chi connectivity index (χ0n) is 6.47. The van der Waals surface area contributed by atoms with Gasteiger partial charge in [0.2, 0.25) is 0 Å². The highest BCUT2D eigenvalue weighted by molar-refractivity contribution is 7.47. The van der Waals surface area contributed by atoms with Crippen molar-refractivity contribution in [1.29, 1.82) is 5.26 Å². The number of nitrogens with zero attached hydrogens (tertiary/aromatic N) is 1. The first-order chi connectivity index (χ1) is 5.62. The molecule has 0 spiro atoms. The maximum absolute atomic E-state index is 10.8. The second kappa shape index (κ2) is 5.92. The zero-order chi connectivity index (χ0) is 9.45. The van der Waals surface area contributed by atoms with E-state index in [1.165, 1.54) is 6.08 Å². The Morgan fingerprint density at radius 2 is 2.33 bits per heavy atom. The molecule has 68 valence electrons. The highest BCUT2D eigenvalue weighted by atomic mass is 31.2. The molecule has 0 aromatic heterocycles. The Hall–Kier alpha value is -0.660. The van der Waals surface area contributed by atoms with Gasteiger partial charge in [-0.05, 0) is 0 Å². The van der Waals surface area contributed by atoms with Gasteiger partial charge in [-0.3, -0.25) is 9.05 Å². The molecule has 6 heteroatoms. The summed E-state index contributed by atoms with van der Waals surface area (Å²) in [4.78, 5) is 8.83. The van der Waals surface area contributed by atoms with Crippen molar-refractivity contribution in [3.05, 3.63) is 12.7 Å². The smallest absolute Gasteiger partial charge is 0.302 e. The van der Waals surface area contributed by atoms with E-state index in [-0.39, 0.29) is 19.6 Å². The van der Waals surface area contributed by atoms with E-state index in [1.54, 1.807) is 6.07 Å². The molecular formula is C6H10NO4P. The molecule has 0 aliphatic carbocycles. The zero-order valence-corrected chi connectivity index (χ0v) is 7.37. The molecule has 0 aliphatic heterocycles. The Morgan fingerprint density at radius 3 is 2.83 bits per heavy atom. The van der Waals surface area contributed by atoms with Crippen LogP contribution in [0.5, 0.6) is 0 Å². The van der Waals surface area contributed by atoms with Gasteiger partial charge in [0.15, 0.2) is 0 Å². The number of phosphoric acid groups is 1. The second-order valence-electron chi connectivity index (χ2n) is 1.79. The van der Waals surface area contributed by atoms with E-state index in [9.17, 15) is 4.57 Å². The van der Waals surface area contributed by atoms with Crippen LogP contribution >= 0.6 is 7.82 Å². The van der Waals surface area contributed by atoms with Gasteiger partial charge >= 0.3 is 7.82 Å². The summed E-state index contributed by atoms with van der Waals surface area (Å²) in [5.41, 5.74) is 0. The number of rotatable bonds is 6. The molecule has 1 N–H and O–H groups in total. The Labute approximate surface area is 70.8 Å². The van der Waals surface area contributed by atoms with Crippen LogP contribution in [0.4, 0.5) is 0 Å². The molecule has 0 aromatic rings. The summed E-state index contributed by atoms with van der Waals surface area (Å²) in [5, 5.41) is 8.08. The van der Waals surface area contributed by atoms with Crippen LogP contribution in [0.25, 0.3) is 0 Å². The molecule has 0 fully saturated rings. The largest absolute Gasteiger partial charge is 0.472 e. The molecule has 0 heterocycles. The first kappa shape index (κ1) is 11.3. The molecule has 0 aliphatic rings. The van der Waals surface area contributed by atoms with Gasteiger partial charge in [-0.2, -0.15) is 5.26 Å². The summed E-state index contributed by atoms with van der Waals surface area (Å²) in [7, 11) is -3.96. The summed E-state index contributed by atoms with van der Waals surface area (Å²) >= 11 is 0. The molecule has 0 aromatic carbocycles. The van der Waals surface area contributed by atoms with Crippen molar-refractivity contribution in [3.8, 4) is 6.07 Å². The van der Waals surface area contributed by atoms with Crippen LogP contribution in [-0.2, 0) is 13.6 Å². The predicted molar refractivity (Wildman–Crippen MR) is 42.2 cm³/mol. The maximum Gasteiger partial charge on any atom is 0.472 e. The lowest BCUT2D eigenvalue weighted by atomic mass is 10.5. The summed E-state index contributed by atoms with van der Waals surface area (Å²) in [6.07, 6.45) is 1.39. The van der Waals surface area contributed by atoms with Gasteiger partial charge in [0.25, 0.3) is 0 Å². The highest BCUT2D eigenvalue weighted by Crippen LogP contribution is 2.42. The fraction of sp³-hybridized carbons (Fsp3) is 0.500. The summed E-state index contributed by atoms with van der Waals surface area (Å²) < 4.78 is 19.6. The van der Waals surface area contributed by atoms with Crippen LogP contribution in [0, 0.1) is 11.3 Å². The van der Waals surface area contributed by atoms with Gasteiger partial charge in [-0.25, -0.2) is 4.57 Å². The van der Waals surface area contributed by atoms with E-state index in [4.69, 9.17) is 10.2 Å². The first-order valence-corrected chi connectivity index (χ1v) is 4.71. The summed E-state index contributed by atoms with van der Waals surface area (Å²) in [6.45, 7) is 3.13. The van der Waals surface area contributed by atoms with Crippen molar-refractivity contribution in [2.75, 3.05) is 13.2 Å². The SMILES string of the molecule is C=CCOP(=O)(O)OCCC#N. The van der Waals surface area contributed by atoms with E-state index >= 15 is 0 Å². The molecule has 0 amide bonds. The normalized spacial score (nSPS) is 14.7. The Bertz CT molecular complexity index is 222. The fourth-order valence-corrected chi connectivity index (χ4v) is 1.08. The van der Waals surface area contributed by atoms with Crippen LogP contribution in [0.15, 0.2) is 12.7 Å². The van der Waals surface area contributed by atoms with Crippen molar-refractivity contribution in [2.45, 2.75) is 6.42 Å². The third kappa shape index (κ3) is 6.08. The number of hydrogen-bond donors (Lipinski definition) is 1. The van der Waals surface area contributed by atoms with Crippen molar-refractivity contribution in [2.24, 2.45) is 0 Å². The minimum Gasteiger partial charge on any atom is -0.302 e. The summed E-state index contributed by atoms with van der Waals surface area (Å²) in [5.74, 6) is 0. The van der Waals surface area contributed by atoms with Gasteiger partial charge in [0, 0.05) is 0 Å². The fourth-order valence-electron chi connectivity index (χ4n) is 0.391. The van der Waals surface area contributed by atoms with E-state index < -0.39 is 7.82 Å². The van der Waals surface area contributed by atoms with Crippen molar-refractivity contribution in [3.63, 3.8) is 0 Å². The first-order valence-electron chi connectivity index (χ1n) is 3.22. The molecule has 0 saturated carbocycles. The Balaban J connectivity index is 3.65. The molecule has 12 heavy (non-hydrogen) atoms. The summed E-state index contributed by atoms with van der Waals surface area (Å²) in [6, 6.07) is 1.76. The van der Waals surface area contributed by atoms with E-state index in [1.807, 2.05) is 0 Å². The minimum absolute atomic E-state index is 0.0552. The average Bonchev–Trinajstić information content (AvgIpc) is 2.01. The van der Waals surface area contributed by atoms with Gasteiger partial charge in [-0.15, -0.1) is 6.58 Å². The van der Waals surface area contributed by atoms with Gasteiger partial charge in [-0.1, -0.05) is 6.08 Å². The lowest BCUT2D eigenvalue weighted by Crippen LogP contribution is -1.96. The monoisotopic (exact) mass is 191 g/mol. The lowest BCUT2D eigenvalue weighted by Gasteiger charge is -2.08. The molecule has 0 saturated heterocycles. The Morgan fingerprint density at radius 1 is 1.67 bits per heavy atom. The molecule has 0 bridgehead atoms. The van der Waals surface area contributed by atoms with E-state index in [2.05, 4.69) is 15.6 Å². The van der Waals surface area contributed by atoms with E-state index in [0.29, 0.717) is 0 Å². The Kier molecular flexibility index (Phi) is 5.60. The van der Waals surface area contributed by atoms with Crippen LogP contribution < -0.4 is 0 Å². The quantitative estimate of drug-likeness (QED) is 0.388. The average molecular weight is 191 g/mol. The van der Waals surface area contributed by atoms with Crippen LogP contribution in [-0.4, -0.2) is 18.1 Å². The van der Waals surface area contributed by atoms with Gasteiger partial charge in [0.1, 0.15) is 0 Å². The molecular weight excluding hydrogens is 181 g/mol. The highest BCUT2D eigenvalue weighted by Gasteiger charge is 2.19. The van der Waals surface area contributed by atoms with Crippen LogP contribution in [0.1, 0.15) is 6.42 Å². The third-order valence-corrected chi connectivity index (χ3v) is 1.81. The maximum atomic E-state index is 10.8. The number of nitriles is 1. The molecule has 0 rings (SSSR count). The van der Waals surface area contributed by atoms with Crippen LogP contribution in [0.2, 0.25) is 0 Å². The topological polar surface area (TPSA) is 79.6 Å². The second-order valence-corrected chi connectivity index (χ2v) is 3.25. The third-order valence-electron chi connectivity index (χ3n) is 0.824. The van der Waals surface area contributed by atoms with Gasteiger partial charge in [0.05, 0.1) is 25.7 Å². The van der Waals surface area contributed by atoms with Crippen molar-refractivity contribution in [1.82, 2.24) is 0 Å². The minimum atomic E-state index is -3.96. The van der Waals surface area contributed by atoms with Crippen molar-refractivity contribution < 1.29 is 18.5 Å². The van der Waals surface area contributed by atoms with Crippen molar-refractivity contribution >= 4 is 7.82 Å². The predicted octanol–water partition coefficient (Wildman–Crippen LogP) is 1.22. The molecule has 5 nitrogen and oxygen atoms in total. The van der Waals surface area contributed by atoms with E-state index in [0.717, 1.165) is 0 Å². The number of hydrogen-bond acceptors (Lipinski definition) is 4. The van der Waals surface area contributed by atoms with Gasteiger partial charge < -0.3 is 4.89 Å². The molecule has 1 unspecified atom stereocenters. The number of phosphoric ester groups is 1. The standard InChI is InChI=1S/C6H10NO4P/c1-2-5-10-12(8,9)11-6-3-4-7/h2H,1,3,5-6H2,(H,8,9). The molecule has 0 radical (unpaired) electrons.